The van der Waals surface area contributed by atoms with E-state index >= 15 is 0 Å². The summed E-state index contributed by atoms with van der Waals surface area (Å²) in [6.45, 7) is 2.43. The van der Waals surface area contributed by atoms with E-state index in [9.17, 15) is 14.3 Å². The largest absolute Gasteiger partial charge is 0.383 e. The fourth-order valence-corrected chi connectivity index (χ4v) is 2.18. The van der Waals surface area contributed by atoms with Crippen molar-refractivity contribution in [1.82, 2.24) is 4.98 Å². The van der Waals surface area contributed by atoms with Crippen LogP contribution < -0.4 is 5.32 Å². The van der Waals surface area contributed by atoms with E-state index in [1.54, 1.807) is 24.6 Å². The molecule has 0 amide bonds. The minimum Gasteiger partial charge on any atom is -0.383 e. The van der Waals surface area contributed by atoms with Gasteiger partial charge in [-0.3, -0.25) is 19.3 Å². The Labute approximate surface area is 118 Å². The second kappa shape index (κ2) is 5.96. The lowest BCUT2D eigenvalue weighted by Crippen LogP contribution is -2.20. The zero-order valence-electron chi connectivity index (χ0n) is 11.2. The molecule has 2 rings (SSSR count). The average molecular weight is 293 g/mol. The molecule has 1 N–H and O–H groups in total. The fourth-order valence-electron chi connectivity index (χ4n) is 1.86. The molecule has 0 saturated heterocycles. The third-order valence-corrected chi connectivity index (χ3v) is 4.44. The summed E-state index contributed by atoms with van der Waals surface area (Å²) in [4.78, 5) is 14.5. The molecule has 20 heavy (non-hydrogen) atoms. The van der Waals surface area contributed by atoms with Crippen molar-refractivity contribution in [2.45, 2.75) is 12.2 Å². The first kappa shape index (κ1) is 14.4. The summed E-state index contributed by atoms with van der Waals surface area (Å²) < 4.78 is 11.3. The van der Waals surface area contributed by atoms with Gasteiger partial charge in [-0.2, -0.15) is 0 Å². The number of anilines is 1. The zero-order valence-corrected chi connectivity index (χ0v) is 12.0. The predicted molar refractivity (Wildman–Crippen MR) is 80.4 cm³/mol. The van der Waals surface area contributed by atoms with Crippen LogP contribution in [0, 0.1) is 10.1 Å². The number of hydrogen-bond donors (Lipinski definition) is 1. The summed E-state index contributed by atoms with van der Waals surface area (Å²) in [6, 6.07) is 4.87. The molecule has 0 saturated carbocycles. The normalized spacial score (nSPS) is 13.9. The number of pyridine rings is 1. The minimum atomic E-state index is -0.912. The molecule has 0 bridgehead atoms. The monoisotopic (exact) mass is 293 g/mol. The second-order valence-corrected chi connectivity index (χ2v) is 6.30. The summed E-state index contributed by atoms with van der Waals surface area (Å²) in [7, 11) is -0.912. The van der Waals surface area contributed by atoms with E-state index in [-0.39, 0.29) is 10.9 Å². The molecule has 1 heterocycles. The van der Waals surface area contributed by atoms with Gasteiger partial charge in [-0.15, -0.1) is 0 Å². The molecule has 0 spiro atoms. The molecular formula is C13H15N3O3S. The molecule has 0 fully saturated rings. The number of fused-ring (bicyclic) bond motifs is 1. The second-order valence-electron chi connectivity index (χ2n) is 4.50. The molecule has 0 radical (unpaired) electrons. The highest BCUT2D eigenvalue weighted by Crippen LogP contribution is 2.30. The molecule has 2 atom stereocenters. The van der Waals surface area contributed by atoms with Gasteiger partial charge < -0.3 is 5.32 Å². The fraction of sp³-hybridized carbons (Fsp3) is 0.308. The zero-order chi connectivity index (χ0) is 14.7. The number of hydrogen-bond acceptors (Lipinski definition) is 5. The quantitative estimate of drug-likeness (QED) is 0.675. The van der Waals surface area contributed by atoms with Crippen LogP contribution in [-0.4, -0.2) is 32.2 Å². The van der Waals surface area contributed by atoms with E-state index in [4.69, 9.17) is 0 Å². The van der Waals surface area contributed by atoms with Crippen LogP contribution in [0.25, 0.3) is 10.8 Å². The molecule has 1 aromatic carbocycles. The lowest BCUT2D eigenvalue weighted by atomic mass is 10.1. The van der Waals surface area contributed by atoms with E-state index < -0.39 is 15.7 Å². The highest BCUT2D eigenvalue weighted by molar-refractivity contribution is 7.84. The lowest BCUT2D eigenvalue weighted by Gasteiger charge is -2.13. The standard InChI is InChI=1S/C13H15N3O3S/c1-9(20(2)19)7-15-12-3-4-13(16(17)18)11-8-14-6-5-10(11)12/h3-6,8-9,15H,7H2,1-2H3. The first-order chi connectivity index (χ1) is 9.50. The van der Waals surface area contributed by atoms with Gasteiger partial charge in [0.1, 0.15) is 0 Å². The van der Waals surface area contributed by atoms with Gasteiger partial charge in [0.05, 0.1) is 10.3 Å². The van der Waals surface area contributed by atoms with E-state index in [0.29, 0.717) is 11.9 Å². The summed E-state index contributed by atoms with van der Waals surface area (Å²) in [5.74, 6) is 0. The van der Waals surface area contributed by atoms with Gasteiger partial charge in [-0.1, -0.05) is 0 Å². The molecule has 2 aromatic rings. The average Bonchev–Trinajstić information content (AvgIpc) is 2.43. The summed E-state index contributed by atoms with van der Waals surface area (Å²) >= 11 is 0. The molecule has 0 aliphatic heterocycles. The van der Waals surface area contributed by atoms with Crippen LogP contribution in [0.15, 0.2) is 30.6 Å². The summed E-state index contributed by atoms with van der Waals surface area (Å²) in [5.41, 5.74) is 0.816. The Hall–Kier alpha value is -2.02. The van der Waals surface area contributed by atoms with Crippen molar-refractivity contribution in [3.8, 4) is 0 Å². The van der Waals surface area contributed by atoms with Crippen LogP contribution in [0.4, 0.5) is 11.4 Å². The highest BCUT2D eigenvalue weighted by Gasteiger charge is 2.15. The van der Waals surface area contributed by atoms with Crippen molar-refractivity contribution in [2.75, 3.05) is 18.1 Å². The molecule has 6 nitrogen and oxygen atoms in total. The maximum atomic E-state index is 11.3. The first-order valence-corrected chi connectivity index (χ1v) is 7.70. The number of rotatable bonds is 5. The van der Waals surface area contributed by atoms with Crippen molar-refractivity contribution in [1.29, 1.82) is 0 Å². The van der Waals surface area contributed by atoms with Crippen LogP contribution in [0.2, 0.25) is 0 Å². The van der Waals surface area contributed by atoms with E-state index in [1.165, 1.54) is 12.3 Å². The Balaban J connectivity index is 2.38. The predicted octanol–water partition coefficient (Wildman–Crippen LogP) is 2.32. The van der Waals surface area contributed by atoms with E-state index in [0.717, 1.165) is 11.1 Å². The number of nitrogens with zero attached hydrogens (tertiary/aromatic N) is 2. The lowest BCUT2D eigenvalue weighted by molar-refractivity contribution is -0.383. The molecule has 106 valence electrons. The van der Waals surface area contributed by atoms with Crippen LogP contribution >= 0.6 is 0 Å². The van der Waals surface area contributed by atoms with Gasteiger partial charge in [0.2, 0.25) is 0 Å². The SMILES string of the molecule is CC(CNc1ccc([N+](=O)[O-])c2cnccc12)S(C)=O. The Morgan fingerprint density at radius 2 is 2.15 bits per heavy atom. The molecule has 2 unspecified atom stereocenters. The Morgan fingerprint density at radius 1 is 1.40 bits per heavy atom. The van der Waals surface area contributed by atoms with Gasteiger partial charge in [-0.05, 0) is 19.1 Å². The Morgan fingerprint density at radius 3 is 2.80 bits per heavy atom. The third kappa shape index (κ3) is 2.93. The third-order valence-electron chi connectivity index (χ3n) is 3.14. The van der Waals surface area contributed by atoms with Gasteiger partial charge in [-0.25, -0.2) is 0 Å². The van der Waals surface area contributed by atoms with Crippen LogP contribution in [0.1, 0.15) is 6.92 Å². The van der Waals surface area contributed by atoms with Crippen LogP contribution in [0.3, 0.4) is 0 Å². The number of nitro benzene ring substituents is 1. The van der Waals surface area contributed by atoms with Crippen molar-refractivity contribution in [2.24, 2.45) is 0 Å². The first-order valence-electron chi connectivity index (χ1n) is 6.08. The smallest absolute Gasteiger partial charge is 0.278 e. The van der Waals surface area contributed by atoms with Crippen molar-refractivity contribution in [3.05, 3.63) is 40.7 Å². The number of aromatic nitrogens is 1. The number of nitro groups is 1. The van der Waals surface area contributed by atoms with Crippen molar-refractivity contribution < 1.29 is 9.13 Å². The van der Waals surface area contributed by atoms with Gasteiger partial charge in [0.15, 0.2) is 0 Å². The highest BCUT2D eigenvalue weighted by atomic mass is 32.2. The van der Waals surface area contributed by atoms with Crippen molar-refractivity contribution >= 4 is 32.9 Å². The molecule has 0 aliphatic carbocycles. The topological polar surface area (TPSA) is 85.1 Å². The maximum Gasteiger partial charge on any atom is 0.278 e. The Kier molecular flexibility index (Phi) is 4.29. The van der Waals surface area contributed by atoms with Crippen LogP contribution in [0.5, 0.6) is 0 Å². The molecule has 1 aromatic heterocycles. The minimum absolute atomic E-state index is 0.00193. The van der Waals surface area contributed by atoms with E-state index in [2.05, 4.69) is 10.3 Å². The molecule has 0 aliphatic rings. The van der Waals surface area contributed by atoms with Gasteiger partial charge in [0.25, 0.3) is 5.69 Å². The van der Waals surface area contributed by atoms with E-state index in [1.807, 2.05) is 6.92 Å². The maximum absolute atomic E-state index is 11.3. The molecular weight excluding hydrogens is 278 g/mol. The van der Waals surface area contributed by atoms with Crippen LogP contribution in [-0.2, 0) is 10.8 Å². The van der Waals surface area contributed by atoms with Gasteiger partial charge in [0, 0.05) is 58.4 Å². The van der Waals surface area contributed by atoms with Crippen molar-refractivity contribution in [3.63, 3.8) is 0 Å². The number of benzene rings is 1. The number of nitrogens with one attached hydrogen (secondary N) is 1. The summed E-state index contributed by atoms with van der Waals surface area (Å²) in [6.07, 6.45) is 4.74. The molecule has 7 heteroatoms. The summed E-state index contributed by atoms with van der Waals surface area (Å²) in [5, 5.41) is 15.4. The Bertz CT molecular complexity index is 675. The number of non-ortho nitro benzene ring substituents is 1. The van der Waals surface area contributed by atoms with Gasteiger partial charge >= 0.3 is 0 Å².